The third-order valence-corrected chi connectivity index (χ3v) is 4.92. The van der Waals surface area contributed by atoms with Gasteiger partial charge in [0.05, 0.1) is 17.4 Å². The third-order valence-electron chi connectivity index (χ3n) is 4.92. The normalized spacial score (nSPS) is 18.4. The molecule has 0 aliphatic carbocycles. The van der Waals surface area contributed by atoms with Crippen molar-refractivity contribution in [1.29, 1.82) is 5.26 Å². The molecule has 0 radical (unpaired) electrons. The zero-order chi connectivity index (χ0) is 17.1. The van der Waals surface area contributed by atoms with E-state index >= 15 is 0 Å². The Labute approximate surface area is 147 Å². The molecule has 1 N–H and O–H groups in total. The van der Waals surface area contributed by atoms with Gasteiger partial charge in [0.2, 0.25) is 0 Å². The van der Waals surface area contributed by atoms with Crippen LogP contribution in [-0.2, 0) is 6.54 Å². The molecule has 130 valence electrons. The first-order valence-corrected chi connectivity index (χ1v) is 8.95. The Balaban J connectivity index is 1.55. The maximum atomic E-state index is 9.38. The molecule has 0 aromatic carbocycles. The van der Waals surface area contributed by atoms with Gasteiger partial charge in [-0.15, -0.1) is 0 Å². The van der Waals surface area contributed by atoms with Gasteiger partial charge in [0.1, 0.15) is 6.07 Å². The molecule has 25 heavy (non-hydrogen) atoms. The van der Waals surface area contributed by atoms with Crippen LogP contribution in [0.25, 0.3) is 5.82 Å². The summed E-state index contributed by atoms with van der Waals surface area (Å²) in [5.41, 5.74) is 2.80. The van der Waals surface area contributed by atoms with Crippen LogP contribution in [0.1, 0.15) is 24.0 Å². The van der Waals surface area contributed by atoms with Crippen molar-refractivity contribution in [2.45, 2.75) is 19.4 Å². The number of hydrogen-bond acceptors (Lipinski definition) is 6. The maximum Gasteiger partial charge on any atom is 0.155 e. The number of rotatable bonds is 4. The fourth-order valence-corrected chi connectivity index (χ4v) is 3.56. The topological polar surface area (TPSA) is 73.0 Å². The smallest absolute Gasteiger partial charge is 0.155 e. The Hall–Kier alpha value is -2.43. The molecule has 0 atom stereocenters. The molecule has 2 aromatic rings. The first-order valence-electron chi connectivity index (χ1n) is 8.95. The number of pyridine rings is 1. The summed E-state index contributed by atoms with van der Waals surface area (Å²) in [6.07, 6.45) is 7.99. The number of hydrogen-bond donors (Lipinski definition) is 1. The van der Waals surface area contributed by atoms with Gasteiger partial charge in [0.25, 0.3) is 0 Å². The van der Waals surface area contributed by atoms with Gasteiger partial charge in [-0.1, -0.05) is 0 Å². The number of anilines is 1. The quantitative estimate of drug-likeness (QED) is 0.902. The minimum Gasteiger partial charge on any atom is -0.370 e. The lowest BCUT2D eigenvalue weighted by atomic mass is 10.2. The van der Waals surface area contributed by atoms with Crippen molar-refractivity contribution in [3.63, 3.8) is 0 Å². The van der Waals surface area contributed by atoms with E-state index in [0.717, 1.165) is 57.3 Å². The highest BCUT2D eigenvalue weighted by molar-refractivity contribution is 5.61. The highest BCUT2D eigenvalue weighted by Crippen LogP contribution is 2.25. The Morgan fingerprint density at radius 2 is 1.92 bits per heavy atom. The van der Waals surface area contributed by atoms with Gasteiger partial charge in [0, 0.05) is 69.8 Å². The largest absolute Gasteiger partial charge is 0.370 e. The summed E-state index contributed by atoms with van der Waals surface area (Å²) < 4.78 is 1.82. The molecule has 2 saturated heterocycles. The van der Waals surface area contributed by atoms with Crippen molar-refractivity contribution in [3.05, 3.63) is 35.8 Å². The molecule has 2 aromatic heterocycles. The van der Waals surface area contributed by atoms with E-state index < -0.39 is 0 Å². The second kappa shape index (κ2) is 7.21. The summed E-state index contributed by atoms with van der Waals surface area (Å²) in [7, 11) is 0. The van der Waals surface area contributed by atoms with Crippen molar-refractivity contribution < 1.29 is 0 Å². The highest BCUT2D eigenvalue weighted by Gasteiger charge is 2.18. The van der Waals surface area contributed by atoms with Crippen molar-refractivity contribution in [1.82, 2.24) is 25.0 Å². The van der Waals surface area contributed by atoms with Crippen molar-refractivity contribution in [2.24, 2.45) is 0 Å². The second-order valence-corrected chi connectivity index (χ2v) is 6.68. The van der Waals surface area contributed by atoms with Crippen LogP contribution in [0.15, 0.2) is 24.7 Å². The molecule has 0 amide bonds. The Bertz CT molecular complexity index is 764. The summed E-state index contributed by atoms with van der Waals surface area (Å²) >= 11 is 0. The van der Waals surface area contributed by atoms with Crippen LogP contribution in [-0.4, -0.2) is 58.9 Å². The minimum atomic E-state index is 0.638. The van der Waals surface area contributed by atoms with Gasteiger partial charge in [0.15, 0.2) is 5.82 Å². The molecule has 0 saturated carbocycles. The zero-order valence-corrected chi connectivity index (χ0v) is 14.4. The summed E-state index contributed by atoms with van der Waals surface area (Å²) in [6, 6.07) is 4.26. The molecule has 0 bridgehead atoms. The van der Waals surface area contributed by atoms with E-state index in [9.17, 15) is 5.26 Å². The van der Waals surface area contributed by atoms with Crippen molar-refractivity contribution in [3.8, 4) is 11.9 Å². The number of nitriles is 1. The van der Waals surface area contributed by atoms with Crippen LogP contribution in [0.4, 0.5) is 5.69 Å². The van der Waals surface area contributed by atoms with E-state index in [-0.39, 0.29) is 0 Å². The minimum absolute atomic E-state index is 0.638. The molecule has 7 heteroatoms. The van der Waals surface area contributed by atoms with Crippen LogP contribution in [0.3, 0.4) is 0 Å². The summed E-state index contributed by atoms with van der Waals surface area (Å²) in [5.74, 6) is 0.771. The van der Waals surface area contributed by atoms with Crippen LogP contribution >= 0.6 is 0 Å². The summed E-state index contributed by atoms with van der Waals surface area (Å²) in [4.78, 5) is 9.14. The van der Waals surface area contributed by atoms with Crippen LogP contribution in [0.2, 0.25) is 0 Å². The van der Waals surface area contributed by atoms with Gasteiger partial charge in [-0.05, 0) is 12.8 Å². The summed E-state index contributed by atoms with van der Waals surface area (Å²) in [6.45, 7) is 7.15. The number of nitrogens with zero attached hydrogens (tertiary/aromatic N) is 6. The monoisotopic (exact) mass is 337 g/mol. The predicted octanol–water partition coefficient (Wildman–Crippen LogP) is 1.14. The number of nitrogens with one attached hydrogen (secondary N) is 1. The highest BCUT2D eigenvalue weighted by atomic mass is 15.3. The average Bonchev–Trinajstić information content (AvgIpc) is 3.34. The lowest BCUT2D eigenvalue weighted by Crippen LogP contribution is -2.42. The molecule has 4 rings (SSSR count). The third kappa shape index (κ3) is 3.50. The molecule has 4 heterocycles. The van der Waals surface area contributed by atoms with E-state index in [2.05, 4.69) is 31.3 Å². The number of aromatic nitrogens is 3. The zero-order valence-electron chi connectivity index (χ0n) is 14.4. The molecule has 0 unspecified atom stereocenters. The average molecular weight is 337 g/mol. The van der Waals surface area contributed by atoms with Gasteiger partial charge in [-0.2, -0.15) is 10.4 Å². The van der Waals surface area contributed by atoms with E-state index in [0.29, 0.717) is 5.56 Å². The van der Waals surface area contributed by atoms with Gasteiger partial charge >= 0.3 is 0 Å². The fraction of sp³-hybridized carbons (Fsp3) is 0.500. The lowest BCUT2D eigenvalue weighted by Gasteiger charge is -2.26. The van der Waals surface area contributed by atoms with E-state index in [1.54, 1.807) is 6.20 Å². The van der Waals surface area contributed by atoms with E-state index in [4.69, 9.17) is 0 Å². The van der Waals surface area contributed by atoms with Crippen LogP contribution in [0.5, 0.6) is 0 Å². The van der Waals surface area contributed by atoms with E-state index in [1.165, 1.54) is 18.4 Å². The summed E-state index contributed by atoms with van der Waals surface area (Å²) in [5, 5.41) is 17.2. The molecular formula is C18H23N7. The lowest BCUT2D eigenvalue weighted by molar-refractivity contribution is 0.233. The van der Waals surface area contributed by atoms with Gasteiger partial charge in [-0.3, -0.25) is 4.90 Å². The first kappa shape index (κ1) is 16.1. The van der Waals surface area contributed by atoms with Gasteiger partial charge in [-0.25, -0.2) is 9.67 Å². The van der Waals surface area contributed by atoms with Crippen molar-refractivity contribution >= 4 is 5.69 Å². The molecule has 7 nitrogen and oxygen atoms in total. The fourth-order valence-electron chi connectivity index (χ4n) is 3.56. The predicted molar refractivity (Wildman–Crippen MR) is 95.7 cm³/mol. The van der Waals surface area contributed by atoms with E-state index in [1.807, 2.05) is 23.1 Å². The molecular weight excluding hydrogens is 314 g/mol. The Morgan fingerprint density at radius 1 is 1.12 bits per heavy atom. The first-order chi connectivity index (χ1) is 12.3. The maximum absolute atomic E-state index is 9.38. The Morgan fingerprint density at radius 3 is 2.68 bits per heavy atom. The Kier molecular flexibility index (Phi) is 4.63. The SMILES string of the molecule is N#Cc1cnc(-n2cc(CN3CCNCC3)cn2)cc1N1CCCC1. The molecule has 2 aliphatic rings. The molecule has 2 fully saturated rings. The standard InChI is InChI=1S/C18H23N7/c19-10-16-12-21-18(9-17(16)24-5-1-2-6-24)25-14-15(11-22-25)13-23-7-3-20-4-8-23/h9,11-12,14,20H,1-8,13H2. The van der Waals surface area contributed by atoms with Crippen molar-refractivity contribution in [2.75, 3.05) is 44.2 Å². The van der Waals surface area contributed by atoms with Gasteiger partial charge < -0.3 is 10.2 Å². The second-order valence-electron chi connectivity index (χ2n) is 6.68. The van der Waals surface area contributed by atoms with Crippen LogP contribution in [0, 0.1) is 11.3 Å². The number of piperazine rings is 1. The molecule has 2 aliphatic heterocycles. The van der Waals surface area contributed by atoms with Crippen LogP contribution < -0.4 is 10.2 Å². The molecule has 0 spiro atoms.